The van der Waals surface area contributed by atoms with Crippen LogP contribution in [0.4, 0.5) is 0 Å². The minimum absolute atomic E-state index is 1.18. The normalized spacial score (nSPS) is 15.7. The monoisotopic (exact) mass is 242 g/mol. The Balaban J connectivity index is 2.36. The first kappa shape index (κ1) is 12.4. The molecule has 1 aliphatic carbocycles. The molecular formula is C16H22Si. The molecule has 0 radical (unpaired) electrons. The molecule has 0 spiro atoms. The Morgan fingerprint density at radius 2 is 1.82 bits per heavy atom. The van der Waals surface area contributed by atoms with Crippen molar-refractivity contribution in [2.75, 3.05) is 0 Å². The molecule has 0 heterocycles. The van der Waals surface area contributed by atoms with Crippen LogP contribution in [0.15, 0.2) is 53.3 Å². The molecule has 1 aliphatic rings. The Morgan fingerprint density at radius 1 is 1.12 bits per heavy atom. The maximum absolute atomic E-state index is 2.49. The smallest absolute Gasteiger partial charge is 0.0806 e. The van der Waals surface area contributed by atoms with Gasteiger partial charge in [-0.1, -0.05) is 84.9 Å². The molecule has 1 aromatic carbocycles. The lowest BCUT2D eigenvalue weighted by atomic mass is 10.2. The standard InChI is InChI=1S/C16H22Si/c1-4-9-14-10-8-13-16(14)17(2,3)15-11-6-5-7-12-15/h5-8,10-12H,4,9,13H2,1-3H3. The summed E-state index contributed by atoms with van der Waals surface area (Å²) in [4.78, 5) is 0. The first-order chi connectivity index (χ1) is 8.16. The van der Waals surface area contributed by atoms with Crippen LogP contribution in [0, 0.1) is 0 Å². The lowest BCUT2D eigenvalue weighted by Crippen LogP contribution is -2.43. The highest BCUT2D eigenvalue weighted by atomic mass is 28.3. The zero-order valence-electron chi connectivity index (χ0n) is 11.2. The van der Waals surface area contributed by atoms with E-state index in [1.807, 2.05) is 0 Å². The quantitative estimate of drug-likeness (QED) is 0.694. The van der Waals surface area contributed by atoms with Gasteiger partial charge in [-0.25, -0.2) is 0 Å². The summed E-state index contributed by atoms with van der Waals surface area (Å²) < 4.78 is 0. The summed E-state index contributed by atoms with van der Waals surface area (Å²) in [7, 11) is -1.43. The van der Waals surface area contributed by atoms with Crippen LogP contribution in [-0.2, 0) is 0 Å². The van der Waals surface area contributed by atoms with Gasteiger partial charge in [0.25, 0.3) is 0 Å². The molecule has 0 saturated heterocycles. The van der Waals surface area contributed by atoms with Gasteiger partial charge in [0.15, 0.2) is 0 Å². The second-order valence-corrected chi connectivity index (χ2v) is 9.78. The number of hydrogen-bond donors (Lipinski definition) is 0. The highest BCUT2D eigenvalue weighted by Gasteiger charge is 2.30. The largest absolute Gasteiger partial charge is 0.108 e. The Hall–Kier alpha value is -1.08. The van der Waals surface area contributed by atoms with Crippen LogP contribution >= 0.6 is 0 Å². The first-order valence-corrected chi connectivity index (χ1v) is 9.61. The van der Waals surface area contributed by atoms with Gasteiger partial charge in [-0.05, 0) is 12.8 Å². The fourth-order valence-electron chi connectivity index (χ4n) is 2.74. The van der Waals surface area contributed by atoms with Gasteiger partial charge in [0.05, 0.1) is 0 Å². The molecule has 0 aromatic heterocycles. The summed E-state index contributed by atoms with van der Waals surface area (Å²) in [6.45, 7) is 7.24. The molecule has 0 bridgehead atoms. The van der Waals surface area contributed by atoms with E-state index in [9.17, 15) is 0 Å². The molecule has 0 fully saturated rings. The number of hydrogen-bond acceptors (Lipinski definition) is 0. The zero-order chi connectivity index (χ0) is 12.3. The third kappa shape index (κ3) is 2.44. The lowest BCUT2D eigenvalue weighted by molar-refractivity contribution is 0.923. The topological polar surface area (TPSA) is 0 Å². The van der Waals surface area contributed by atoms with Crippen LogP contribution in [0.5, 0.6) is 0 Å². The highest BCUT2D eigenvalue weighted by Crippen LogP contribution is 2.30. The van der Waals surface area contributed by atoms with Crippen molar-refractivity contribution in [1.82, 2.24) is 0 Å². The Bertz CT molecular complexity index is 438. The van der Waals surface area contributed by atoms with Gasteiger partial charge in [-0.3, -0.25) is 0 Å². The molecule has 1 heteroatoms. The van der Waals surface area contributed by atoms with Crippen LogP contribution in [0.3, 0.4) is 0 Å². The van der Waals surface area contributed by atoms with E-state index in [2.05, 4.69) is 62.5 Å². The van der Waals surface area contributed by atoms with Gasteiger partial charge in [0.2, 0.25) is 0 Å². The maximum atomic E-state index is 2.49. The predicted molar refractivity (Wildman–Crippen MR) is 79.2 cm³/mol. The van der Waals surface area contributed by atoms with E-state index in [1.165, 1.54) is 19.3 Å². The molecular weight excluding hydrogens is 220 g/mol. The van der Waals surface area contributed by atoms with E-state index < -0.39 is 8.07 Å². The maximum Gasteiger partial charge on any atom is 0.108 e. The summed E-state index contributed by atoms with van der Waals surface area (Å²) in [6, 6.07) is 11.1. The molecule has 0 saturated carbocycles. The lowest BCUT2D eigenvalue weighted by Gasteiger charge is -2.26. The van der Waals surface area contributed by atoms with E-state index in [0.717, 1.165) is 0 Å². The molecule has 17 heavy (non-hydrogen) atoms. The molecule has 0 aliphatic heterocycles. The van der Waals surface area contributed by atoms with Crippen molar-refractivity contribution in [3.63, 3.8) is 0 Å². The van der Waals surface area contributed by atoms with Crippen molar-refractivity contribution in [2.24, 2.45) is 0 Å². The van der Waals surface area contributed by atoms with E-state index in [0.29, 0.717) is 0 Å². The SMILES string of the molecule is CCCC1=C([Si](C)(C)c2ccccc2)CC=C1. The molecule has 0 N–H and O–H groups in total. The van der Waals surface area contributed by atoms with E-state index in [4.69, 9.17) is 0 Å². The van der Waals surface area contributed by atoms with Crippen molar-refractivity contribution in [3.05, 3.63) is 53.3 Å². The highest BCUT2D eigenvalue weighted by molar-refractivity contribution is 6.95. The number of benzene rings is 1. The van der Waals surface area contributed by atoms with Crippen LogP contribution in [0.25, 0.3) is 0 Å². The predicted octanol–water partition coefficient (Wildman–Crippen LogP) is 4.20. The van der Waals surface area contributed by atoms with Gasteiger partial charge in [0, 0.05) is 0 Å². The fraction of sp³-hybridized carbons (Fsp3) is 0.375. The second kappa shape index (κ2) is 5.05. The van der Waals surface area contributed by atoms with Gasteiger partial charge < -0.3 is 0 Å². The van der Waals surface area contributed by atoms with E-state index in [-0.39, 0.29) is 0 Å². The van der Waals surface area contributed by atoms with Crippen molar-refractivity contribution in [2.45, 2.75) is 39.3 Å². The molecule has 1 aromatic rings. The fourth-order valence-corrected chi connectivity index (χ4v) is 5.75. The second-order valence-electron chi connectivity index (χ2n) is 5.35. The van der Waals surface area contributed by atoms with Crippen LogP contribution < -0.4 is 5.19 Å². The summed E-state index contributed by atoms with van der Waals surface area (Å²) in [6.07, 6.45) is 8.38. The van der Waals surface area contributed by atoms with Crippen LogP contribution in [0.1, 0.15) is 26.2 Å². The molecule has 0 amide bonds. The molecule has 90 valence electrons. The van der Waals surface area contributed by atoms with Crippen LogP contribution in [0.2, 0.25) is 13.1 Å². The van der Waals surface area contributed by atoms with Gasteiger partial charge in [0.1, 0.15) is 8.07 Å². The van der Waals surface area contributed by atoms with Crippen molar-refractivity contribution in [3.8, 4) is 0 Å². The number of rotatable bonds is 4. The zero-order valence-corrected chi connectivity index (χ0v) is 12.2. The molecule has 0 nitrogen and oxygen atoms in total. The van der Waals surface area contributed by atoms with E-state index in [1.54, 1.807) is 16.0 Å². The molecule has 2 rings (SSSR count). The Kier molecular flexibility index (Phi) is 3.68. The van der Waals surface area contributed by atoms with Gasteiger partial charge in [-0.2, -0.15) is 0 Å². The summed E-state index contributed by atoms with van der Waals surface area (Å²) in [5.41, 5.74) is 1.62. The summed E-state index contributed by atoms with van der Waals surface area (Å²) >= 11 is 0. The summed E-state index contributed by atoms with van der Waals surface area (Å²) in [5, 5.41) is 3.30. The minimum atomic E-state index is -1.43. The van der Waals surface area contributed by atoms with Gasteiger partial charge in [-0.15, -0.1) is 0 Å². The van der Waals surface area contributed by atoms with Crippen molar-refractivity contribution >= 4 is 13.3 Å². The average molecular weight is 242 g/mol. The number of allylic oxidation sites excluding steroid dienone is 4. The molecule has 0 atom stereocenters. The first-order valence-electron chi connectivity index (χ1n) is 6.61. The van der Waals surface area contributed by atoms with Crippen molar-refractivity contribution in [1.29, 1.82) is 0 Å². The third-order valence-corrected chi connectivity index (χ3v) is 7.61. The Labute approximate surface area is 106 Å². The van der Waals surface area contributed by atoms with Crippen LogP contribution in [-0.4, -0.2) is 8.07 Å². The average Bonchev–Trinajstić information content (AvgIpc) is 2.80. The van der Waals surface area contributed by atoms with Crippen molar-refractivity contribution < 1.29 is 0 Å². The third-order valence-electron chi connectivity index (χ3n) is 3.80. The van der Waals surface area contributed by atoms with Gasteiger partial charge >= 0.3 is 0 Å². The minimum Gasteiger partial charge on any atom is -0.0806 e. The van der Waals surface area contributed by atoms with E-state index >= 15 is 0 Å². The molecule has 0 unspecified atom stereocenters. The Morgan fingerprint density at radius 3 is 2.47 bits per heavy atom. The summed E-state index contributed by atoms with van der Waals surface area (Å²) in [5.74, 6) is 0.